The van der Waals surface area contributed by atoms with Gasteiger partial charge in [-0.15, -0.1) is 0 Å². The van der Waals surface area contributed by atoms with Crippen LogP contribution in [0.4, 0.5) is 0 Å². The quantitative estimate of drug-likeness (QED) is 0.221. The van der Waals surface area contributed by atoms with Gasteiger partial charge in [0.15, 0.2) is 5.65 Å². The number of imidazole rings is 1. The van der Waals surface area contributed by atoms with Gasteiger partial charge < -0.3 is 9.47 Å². The van der Waals surface area contributed by atoms with Crippen LogP contribution in [0.1, 0.15) is 23.7 Å². The zero-order chi connectivity index (χ0) is 28.3. The number of methoxy groups -OCH3 is 1. The number of aromatic nitrogens is 2. The lowest BCUT2D eigenvalue weighted by molar-refractivity contribution is 0.414. The van der Waals surface area contributed by atoms with Crippen LogP contribution in [-0.2, 0) is 23.0 Å². The van der Waals surface area contributed by atoms with Gasteiger partial charge in [0.1, 0.15) is 23.3 Å². The highest BCUT2D eigenvalue weighted by molar-refractivity contribution is 7.89. The molecule has 0 aliphatic carbocycles. The maximum absolute atomic E-state index is 13.3. The van der Waals surface area contributed by atoms with Crippen LogP contribution in [0.3, 0.4) is 0 Å². The number of fused-ring (bicyclic) bond motifs is 1. The number of rotatable bonds is 9. The predicted molar refractivity (Wildman–Crippen MR) is 153 cm³/mol. The van der Waals surface area contributed by atoms with Gasteiger partial charge in [-0.3, -0.25) is 4.40 Å². The molecule has 0 aliphatic heterocycles. The van der Waals surface area contributed by atoms with Crippen LogP contribution in [0, 0.1) is 11.3 Å². The van der Waals surface area contributed by atoms with Crippen molar-refractivity contribution in [3.8, 4) is 34.6 Å². The first-order chi connectivity index (χ1) is 19.3. The number of nitriles is 1. The van der Waals surface area contributed by atoms with Crippen LogP contribution in [0.5, 0.6) is 17.2 Å². The van der Waals surface area contributed by atoms with Gasteiger partial charge in [-0.2, -0.15) is 9.57 Å². The van der Waals surface area contributed by atoms with Crippen LogP contribution < -0.4 is 9.47 Å². The number of nitrogens with zero attached hydrogens (tertiary/aromatic N) is 4. The summed E-state index contributed by atoms with van der Waals surface area (Å²) in [6.07, 6.45) is 2.58. The summed E-state index contributed by atoms with van der Waals surface area (Å²) in [7, 11) is -0.628. The second-order valence-electron chi connectivity index (χ2n) is 9.20. The minimum absolute atomic E-state index is 0.135. The van der Waals surface area contributed by atoms with Gasteiger partial charge in [0.25, 0.3) is 0 Å². The highest BCUT2D eigenvalue weighted by atomic mass is 32.2. The van der Waals surface area contributed by atoms with E-state index < -0.39 is 10.0 Å². The summed E-state index contributed by atoms with van der Waals surface area (Å²) in [5, 5.41) is 9.52. The van der Waals surface area contributed by atoms with Gasteiger partial charge in [-0.1, -0.05) is 37.3 Å². The molecule has 0 unspecified atom stereocenters. The number of hydrogen-bond acceptors (Lipinski definition) is 6. The van der Waals surface area contributed by atoms with E-state index in [2.05, 4.69) is 6.07 Å². The van der Waals surface area contributed by atoms with E-state index >= 15 is 0 Å². The summed E-state index contributed by atoms with van der Waals surface area (Å²) in [6.45, 7) is 2.24. The number of hydrogen-bond donors (Lipinski definition) is 0. The van der Waals surface area contributed by atoms with Crippen molar-refractivity contribution in [2.45, 2.75) is 24.8 Å². The standard InChI is InChI=1S/C31H28N4O4S/c1-4-29-30(35-17-7-9-24(20-32)31(35)33-29)23-8-5-10-26(18-23)39-27-11-6-12-28(19-27)40(36,37)34(2)21-22-13-15-25(38-3)16-14-22/h5-19H,4,21H2,1-3H3. The molecule has 0 saturated carbocycles. The highest BCUT2D eigenvalue weighted by Crippen LogP contribution is 2.32. The Hall–Kier alpha value is -4.65. The van der Waals surface area contributed by atoms with Crippen molar-refractivity contribution < 1.29 is 17.9 Å². The molecular weight excluding hydrogens is 524 g/mol. The van der Waals surface area contributed by atoms with Crippen LogP contribution in [0.2, 0.25) is 0 Å². The van der Waals surface area contributed by atoms with E-state index in [4.69, 9.17) is 14.5 Å². The Balaban J connectivity index is 1.41. The number of benzene rings is 3. The first-order valence-corrected chi connectivity index (χ1v) is 14.2. The van der Waals surface area contributed by atoms with E-state index in [1.807, 2.05) is 60.0 Å². The molecule has 0 bridgehead atoms. The van der Waals surface area contributed by atoms with Gasteiger partial charge in [0.05, 0.1) is 29.0 Å². The second-order valence-corrected chi connectivity index (χ2v) is 11.2. The van der Waals surface area contributed by atoms with Crippen LogP contribution in [-0.4, -0.2) is 36.3 Å². The van der Waals surface area contributed by atoms with Crippen molar-refractivity contribution in [2.24, 2.45) is 0 Å². The molecule has 0 amide bonds. The third-order valence-corrected chi connectivity index (χ3v) is 8.40. The Morgan fingerprint density at radius 2 is 1.68 bits per heavy atom. The average Bonchev–Trinajstić information content (AvgIpc) is 3.37. The molecule has 2 aromatic heterocycles. The molecule has 3 aromatic carbocycles. The molecular formula is C31H28N4O4S. The van der Waals surface area contributed by atoms with Crippen molar-refractivity contribution in [1.82, 2.24) is 13.7 Å². The normalized spacial score (nSPS) is 11.5. The predicted octanol–water partition coefficient (Wildman–Crippen LogP) is 6.06. The van der Waals surface area contributed by atoms with Gasteiger partial charge in [-0.05, 0) is 60.5 Å². The SMILES string of the molecule is CCc1nc2c(C#N)cccn2c1-c1cccc(Oc2cccc(S(=O)(=O)N(C)Cc3ccc(OC)cc3)c2)c1. The fourth-order valence-electron chi connectivity index (χ4n) is 4.55. The smallest absolute Gasteiger partial charge is 0.243 e. The molecule has 202 valence electrons. The molecule has 0 N–H and O–H groups in total. The van der Waals surface area contributed by atoms with E-state index in [0.29, 0.717) is 34.9 Å². The Bertz CT molecular complexity index is 1820. The van der Waals surface area contributed by atoms with Gasteiger partial charge in [0, 0.05) is 31.4 Å². The Kier molecular flexibility index (Phi) is 7.56. The molecule has 0 saturated heterocycles. The monoisotopic (exact) mass is 552 g/mol. The van der Waals surface area contributed by atoms with Crippen molar-refractivity contribution in [3.63, 3.8) is 0 Å². The molecule has 5 rings (SSSR count). The highest BCUT2D eigenvalue weighted by Gasteiger charge is 2.22. The average molecular weight is 553 g/mol. The molecule has 9 heteroatoms. The Labute approximate surface area is 233 Å². The fraction of sp³-hybridized carbons (Fsp3) is 0.161. The molecule has 8 nitrogen and oxygen atoms in total. The minimum Gasteiger partial charge on any atom is -0.497 e. The molecule has 0 aliphatic rings. The maximum Gasteiger partial charge on any atom is 0.243 e. The third-order valence-electron chi connectivity index (χ3n) is 6.60. The van der Waals surface area contributed by atoms with Crippen molar-refractivity contribution in [2.75, 3.05) is 14.2 Å². The summed E-state index contributed by atoms with van der Waals surface area (Å²) in [5.74, 6) is 1.66. The molecule has 0 spiro atoms. The van der Waals surface area contributed by atoms with Crippen molar-refractivity contribution >= 4 is 15.7 Å². The number of ether oxygens (including phenoxy) is 2. The summed E-state index contributed by atoms with van der Waals surface area (Å²) < 4.78 is 41.2. The number of pyridine rings is 1. The lowest BCUT2D eigenvalue weighted by Crippen LogP contribution is -2.26. The van der Waals surface area contributed by atoms with Crippen LogP contribution in [0.15, 0.2) is 96.0 Å². The summed E-state index contributed by atoms with van der Waals surface area (Å²) >= 11 is 0. The van der Waals surface area contributed by atoms with Crippen molar-refractivity contribution in [3.05, 3.63) is 108 Å². The van der Waals surface area contributed by atoms with E-state index in [9.17, 15) is 13.7 Å². The van der Waals surface area contributed by atoms with Crippen molar-refractivity contribution in [1.29, 1.82) is 5.26 Å². The maximum atomic E-state index is 13.3. The van der Waals surface area contributed by atoms with E-state index in [-0.39, 0.29) is 11.4 Å². The van der Waals surface area contributed by atoms with Crippen LogP contribution in [0.25, 0.3) is 16.9 Å². The zero-order valence-electron chi connectivity index (χ0n) is 22.4. The summed E-state index contributed by atoms with van der Waals surface area (Å²) in [5.41, 5.74) is 4.59. The molecule has 0 radical (unpaired) electrons. The number of sulfonamides is 1. The fourth-order valence-corrected chi connectivity index (χ4v) is 5.74. The minimum atomic E-state index is -3.77. The Morgan fingerprint density at radius 3 is 2.38 bits per heavy atom. The lowest BCUT2D eigenvalue weighted by Gasteiger charge is -2.18. The lowest BCUT2D eigenvalue weighted by atomic mass is 10.1. The molecule has 40 heavy (non-hydrogen) atoms. The third kappa shape index (κ3) is 5.27. The first-order valence-electron chi connectivity index (χ1n) is 12.7. The first kappa shape index (κ1) is 26.9. The van der Waals surface area contributed by atoms with Gasteiger partial charge in [0.2, 0.25) is 10.0 Å². The number of aryl methyl sites for hydroxylation is 1. The van der Waals surface area contributed by atoms with Gasteiger partial charge in [-0.25, -0.2) is 13.4 Å². The molecule has 0 fully saturated rings. The second kappa shape index (κ2) is 11.2. The van der Waals surface area contributed by atoms with E-state index in [0.717, 1.165) is 22.5 Å². The summed E-state index contributed by atoms with van der Waals surface area (Å²) in [6, 6.07) is 27.1. The van der Waals surface area contributed by atoms with E-state index in [1.165, 1.54) is 10.4 Å². The Morgan fingerprint density at radius 1 is 0.950 bits per heavy atom. The molecule has 0 atom stereocenters. The topological polar surface area (TPSA) is 96.9 Å². The zero-order valence-corrected chi connectivity index (χ0v) is 23.2. The van der Waals surface area contributed by atoms with Crippen LogP contribution >= 0.6 is 0 Å². The summed E-state index contributed by atoms with van der Waals surface area (Å²) in [4.78, 5) is 4.84. The molecule has 5 aromatic rings. The van der Waals surface area contributed by atoms with Gasteiger partial charge >= 0.3 is 0 Å². The largest absolute Gasteiger partial charge is 0.497 e. The molecule has 2 heterocycles. The van der Waals surface area contributed by atoms with E-state index in [1.54, 1.807) is 50.6 Å².